The minimum absolute atomic E-state index is 0.213. The first-order valence-corrected chi connectivity index (χ1v) is 9.90. The van der Waals surface area contributed by atoms with E-state index in [4.69, 9.17) is 9.47 Å². The quantitative estimate of drug-likeness (QED) is 0.757. The molecule has 26 heavy (non-hydrogen) atoms. The van der Waals surface area contributed by atoms with Crippen molar-refractivity contribution in [3.8, 4) is 11.5 Å². The van der Waals surface area contributed by atoms with Crippen LogP contribution >= 0.6 is 0 Å². The standard InChI is InChI=1S/C17H22N2O6S/c1-18-15(20)11-26(22,23)17(18)4-6-19(7-5-17)16(21)12-8-13(24-2)10-14(9-12)25-3/h8-10H,4-7,11H2,1-3H3. The van der Waals surface area contributed by atoms with E-state index in [1.54, 1.807) is 23.1 Å². The Morgan fingerprint density at radius 1 is 1.08 bits per heavy atom. The third-order valence-corrected chi connectivity index (χ3v) is 7.78. The number of sulfone groups is 1. The average Bonchev–Trinajstić information content (AvgIpc) is 2.80. The molecule has 3 rings (SSSR count). The molecule has 0 bridgehead atoms. The fraction of sp³-hybridized carbons (Fsp3) is 0.529. The zero-order chi connectivity index (χ0) is 19.1. The van der Waals surface area contributed by atoms with E-state index in [0.717, 1.165) is 0 Å². The molecule has 0 unspecified atom stereocenters. The van der Waals surface area contributed by atoms with Crippen molar-refractivity contribution in [2.24, 2.45) is 0 Å². The van der Waals surface area contributed by atoms with Gasteiger partial charge in [0.15, 0.2) is 9.84 Å². The molecule has 9 heteroatoms. The van der Waals surface area contributed by atoms with Crippen molar-refractivity contribution in [1.29, 1.82) is 0 Å². The third kappa shape index (κ3) is 2.80. The van der Waals surface area contributed by atoms with Crippen LogP contribution in [-0.4, -0.2) is 75.0 Å². The maximum absolute atomic E-state index is 12.8. The van der Waals surface area contributed by atoms with Gasteiger partial charge in [0.1, 0.15) is 22.1 Å². The van der Waals surface area contributed by atoms with Crippen molar-refractivity contribution in [3.63, 3.8) is 0 Å². The lowest BCUT2D eigenvalue weighted by Crippen LogP contribution is -2.55. The van der Waals surface area contributed by atoms with Gasteiger partial charge in [0.2, 0.25) is 5.91 Å². The normalized spacial score (nSPS) is 21.1. The van der Waals surface area contributed by atoms with Crippen LogP contribution in [0.2, 0.25) is 0 Å². The van der Waals surface area contributed by atoms with Crippen molar-refractivity contribution in [2.45, 2.75) is 17.7 Å². The highest BCUT2D eigenvalue weighted by molar-refractivity contribution is 7.93. The number of likely N-dealkylation sites (tertiary alicyclic amines) is 1. The number of benzene rings is 1. The lowest BCUT2D eigenvalue weighted by molar-refractivity contribution is -0.129. The predicted octanol–water partition coefficient (Wildman–Crippen LogP) is 0.523. The van der Waals surface area contributed by atoms with E-state index >= 15 is 0 Å². The van der Waals surface area contributed by atoms with Crippen LogP contribution in [0.4, 0.5) is 0 Å². The van der Waals surface area contributed by atoms with Gasteiger partial charge in [0, 0.05) is 44.6 Å². The molecule has 0 aliphatic carbocycles. The number of hydrogen-bond donors (Lipinski definition) is 0. The number of carbonyl (C=O) groups is 2. The molecule has 8 nitrogen and oxygen atoms in total. The van der Waals surface area contributed by atoms with E-state index in [9.17, 15) is 18.0 Å². The monoisotopic (exact) mass is 382 g/mol. The maximum Gasteiger partial charge on any atom is 0.254 e. The molecule has 1 aromatic carbocycles. The Balaban J connectivity index is 1.80. The fourth-order valence-corrected chi connectivity index (χ4v) is 5.76. The molecule has 2 aliphatic heterocycles. The number of rotatable bonds is 3. The Labute approximate surface area is 152 Å². The second-order valence-corrected chi connectivity index (χ2v) is 8.83. The van der Waals surface area contributed by atoms with Gasteiger partial charge < -0.3 is 19.3 Å². The lowest BCUT2D eigenvalue weighted by atomic mass is 10.0. The van der Waals surface area contributed by atoms with Crippen LogP contribution in [0.25, 0.3) is 0 Å². The van der Waals surface area contributed by atoms with E-state index in [2.05, 4.69) is 0 Å². The number of nitrogens with zero attached hydrogens (tertiary/aromatic N) is 2. The summed E-state index contributed by atoms with van der Waals surface area (Å²) in [5, 5.41) is 0. The number of piperidine rings is 1. The Hall–Kier alpha value is -2.29. The van der Waals surface area contributed by atoms with E-state index in [0.29, 0.717) is 17.1 Å². The van der Waals surface area contributed by atoms with Crippen LogP contribution in [0.1, 0.15) is 23.2 Å². The SMILES string of the molecule is COc1cc(OC)cc(C(=O)N2CCC3(CC2)N(C)C(=O)CS3(=O)=O)c1. The summed E-state index contributed by atoms with van der Waals surface area (Å²) in [5.74, 6) is -0.0525. The molecule has 1 spiro atoms. The molecule has 0 atom stereocenters. The Morgan fingerprint density at radius 2 is 1.62 bits per heavy atom. The summed E-state index contributed by atoms with van der Waals surface area (Å²) < 4.78 is 35.3. The summed E-state index contributed by atoms with van der Waals surface area (Å²) in [6.07, 6.45) is 0.425. The van der Waals surface area contributed by atoms with Crippen molar-refractivity contribution in [1.82, 2.24) is 9.80 Å². The highest BCUT2D eigenvalue weighted by Crippen LogP contribution is 2.39. The number of carbonyl (C=O) groups excluding carboxylic acids is 2. The Bertz CT molecular complexity index is 821. The number of amides is 2. The third-order valence-electron chi connectivity index (χ3n) is 5.31. The molecule has 2 saturated heterocycles. The van der Waals surface area contributed by atoms with Crippen molar-refractivity contribution in [2.75, 3.05) is 40.1 Å². The number of methoxy groups -OCH3 is 2. The lowest BCUT2D eigenvalue weighted by Gasteiger charge is -2.41. The second-order valence-electron chi connectivity index (χ2n) is 6.55. The average molecular weight is 382 g/mol. The molecular formula is C17H22N2O6S. The maximum atomic E-state index is 12.8. The zero-order valence-electron chi connectivity index (χ0n) is 15.0. The highest BCUT2D eigenvalue weighted by atomic mass is 32.2. The molecule has 0 N–H and O–H groups in total. The minimum Gasteiger partial charge on any atom is -0.497 e. The molecule has 0 saturated carbocycles. The van der Waals surface area contributed by atoms with Gasteiger partial charge in [0.05, 0.1) is 14.2 Å². The van der Waals surface area contributed by atoms with Crippen LogP contribution < -0.4 is 9.47 Å². The molecule has 2 aliphatic rings. The van der Waals surface area contributed by atoms with E-state index in [-0.39, 0.29) is 37.7 Å². The zero-order valence-corrected chi connectivity index (χ0v) is 15.8. The first-order chi connectivity index (χ1) is 12.2. The molecule has 2 fully saturated rings. The molecule has 2 heterocycles. The van der Waals surface area contributed by atoms with Gasteiger partial charge in [0.25, 0.3) is 5.91 Å². The summed E-state index contributed by atoms with van der Waals surface area (Å²) >= 11 is 0. The van der Waals surface area contributed by atoms with Gasteiger partial charge in [-0.25, -0.2) is 8.42 Å². The molecule has 2 amide bonds. The van der Waals surface area contributed by atoms with Crippen LogP contribution in [0.15, 0.2) is 18.2 Å². The topological polar surface area (TPSA) is 93.2 Å². The van der Waals surface area contributed by atoms with Crippen LogP contribution in [0, 0.1) is 0 Å². The van der Waals surface area contributed by atoms with Crippen LogP contribution in [0.3, 0.4) is 0 Å². The van der Waals surface area contributed by atoms with Crippen molar-refractivity contribution in [3.05, 3.63) is 23.8 Å². The smallest absolute Gasteiger partial charge is 0.254 e. The van der Waals surface area contributed by atoms with Gasteiger partial charge in [-0.1, -0.05) is 0 Å². The van der Waals surface area contributed by atoms with Gasteiger partial charge in [-0.2, -0.15) is 0 Å². The number of ether oxygens (including phenoxy) is 2. The van der Waals surface area contributed by atoms with E-state index in [1.807, 2.05) is 0 Å². The Morgan fingerprint density at radius 3 is 2.04 bits per heavy atom. The van der Waals surface area contributed by atoms with Crippen molar-refractivity contribution < 1.29 is 27.5 Å². The van der Waals surface area contributed by atoms with Crippen LogP contribution in [-0.2, 0) is 14.6 Å². The molecule has 0 aromatic heterocycles. The molecule has 0 radical (unpaired) electrons. The van der Waals surface area contributed by atoms with Gasteiger partial charge in [-0.05, 0) is 12.1 Å². The summed E-state index contributed by atoms with van der Waals surface area (Å²) in [5.41, 5.74) is 0.413. The van der Waals surface area contributed by atoms with E-state index < -0.39 is 20.5 Å². The van der Waals surface area contributed by atoms with Gasteiger partial charge in [-0.3, -0.25) is 9.59 Å². The van der Waals surface area contributed by atoms with Crippen molar-refractivity contribution >= 4 is 21.7 Å². The summed E-state index contributed by atoms with van der Waals surface area (Å²) in [7, 11) is 0.991. The summed E-state index contributed by atoms with van der Waals surface area (Å²) in [6, 6.07) is 4.92. The fourth-order valence-electron chi connectivity index (χ4n) is 3.65. The molecule has 1 aromatic rings. The first-order valence-electron chi connectivity index (χ1n) is 8.25. The molecular weight excluding hydrogens is 360 g/mol. The largest absolute Gasteiger partial charge is 0.497 e. The second kappa shape index (κ2) is 6.46. The first kappa shape index (κ1) is 18.5. The van der Waals surface area contributed by atoms with Gasteiger partial charge >= 0.3 is 0 Å². The highest BCUT2D eigenvalue weighted by Gasteiger charge is 2.57. The number of hydrogen-bond acceptors (Lipinski definition) is 6. The van der Waals surface area contributed by atoms with Gasteiger partial charge in [-0.15, -0.1) is 0 Å². The van der Waals surface area contributed by atoms with Crippen LogP contribution in [0.5, 0.6) is 11.5 Å². The minimum atomic E-state index is -3.54. The summed E-state index contributed by atoms with van der Waals surface area (Å²) in [4.78, 5) is 26.5. The predicted molar refractivity (Wildman–Crippen MR) is 94.0 cm³/mol. The molecule has 142 valence electrons. The Kier molecular flexibility index (Phi) is 4.60. The van der Waals surface area contributed by atoms with E-state index in [1.165, 1.54) is 26.2 Å². The summed E-state index contributed by atoms with van der Waals surface area (Å²) in [6.45, 7) is 0.518.